The highest BCUT2D eigenvalue weighted by Crippen LogP contribution is 2.35. The van der Waals surface area contributed by atoms with Crippen LogP contribution < -0.4 is 25.8 Å². The third-order valence-corrected chi connectivity index (χ3v) is 13.0. The summed E-state index contributed by atoms with van der Waals surface area (Å²) in [6, 6.07) is 33.5. The van der Waals surface area contributed by atoms with Crippen LogP contribution in [0.25, 0.3) is 11.1 Å². The van der Waals surface area contributed by atoms with E-state index in [9.17, 15) is 27.0 Å². The molecule has 58 heavy (non-hydrogen) atoms. The average Bonchev–Trinajstić information content (AvgIpc) is 3.19. The van der Waals surface area contributed by atoms with Gasteiger partial charge in [-0.3, -0.25) is 0 Å². The van der Waals surface area contributed by atoms with Crippen LogP contribution in [-0.2, 0) is 19.7 Å². The number of aliphatic hydroxyl groups excluding tert-OH is 2. The molecule has 0 saturated carbocycles. The molecule has 0 aliphatic carbocycles. The summed E-state index contributed by atoms with van der Waals surface area (Å²) in [5.74, 6) is 1.06. The summed E-state index contributed by atoms with van der Waals surface area (Å²) >= 11 is 0. The van der Waals surface area contributed by atoms with Gasteiger partial charge in [0.2, 0.25) is 32.3 Å². The molecule has 11 nitrogen and oxygen atoms in total. The first-order chi connectivity index (χ1) is 27.5. The fourth-order valence-electron chi connectivity index (χ4n) is 6.65. The van der Waals surface area contributed by atoms with E-state index in [-0.39, 0.29) is 32.7 Å². The Kier molecular flexibility index (Phi) is 12.5. The maximum Gasteiger partial charge on any atom is 0.214 e. The lowest BCUT2D eigenvalue weighted by Crippen LogP contribution is -2.26. The van der Waals surface area contributed by atoms with Crippen molar-refractivity contribution in [1.82, 2.24) is 0 Å². The van der Waals surface area contributed by atoms with Crippen LogP contribution >= 0.6 is 0 Å². The van der Waals surface area contributed by atoms with Crippen LogP contribution in [0.4, 0.5) is 17.1 Å². The van der Waals surface area contributed by atoms with Crippen molar-refractivity contribution in [2.24, 2.45) is 0 Å². The number of nitrogens with one attached hydrogen (secondary N) is 2. The van der Waals surface area contributed by atoms with Gasteiger partial charge < -0.3 is 36.1 Å². The van der Waals surface area contributed by atoms with Gasteiger partial charge >= 0.3 is 0 Å². The molecule has 2 atom stereocenters. The molecule has 13 heteroatoms. The third-order valence-electron chi connectivity index (χ3n) is 9.48. The lowest BCUT2D eigenvalue weighted by atomic mass is 9.96. The molecule has 0 heterocycles. The third kappa shape index (κ3) is 9.63. The molecule has 0 fully saturated rings. The molecule has 0 amide bonds. The zero-order valence-electron chi connectivity index (χ0n) is 32.9. The summed E-state index contributed by atoms with van der Waals surface area (Å²) in [5.41, 5.74) is 13.1. The fraction of sp³-hybridized carbons (Fsp3) is 0.200. The van der Waals surface area contributed by atoms with Crippen molar-refractivity contribution in [3.05, 3.63) is 149 Å². The number of aryl methyl sites for hydroxylation is 5. The number of aliphatic hydroxyl groups is 2. The lowest BCUT2D eigenvalue weighted by Gasteiger charge is -2.21. The highest BCUT2D eigenvalue weighted by atomic mass is 32.2. The normalized spacial score (nSPS) is 12.7. The first kappa shape index (κ1) is 41.8. The van der Waals surface area contributed by atoms with Crippen molar-refractivity contribution in [3.63, 3.8) is 0 Å². The van der Waals surface area contributed by atoms with Gasteiger partial charge in [-0.05, 0) is 165 Å². The Labute approximate surface area is 340 Å². The number of nitrogen functional groups attached to an aromatic ring is 1. The van der Waals surface area contributed by atoms with Crippen molar-refractivity contribution in [2.45, 2.75) is 66.8 Å². The Morgan fingerprint density at radius 3 is 1.28 bits per heavy atom. The fourth-order valence-corrected chi connectivity index (χ4v) is 9.43. The van der Waals surface area contributed by atoms with Crippen LogP contribution in [0.2, 0.25) is 0 Å². The number of hydrogen-bond acceptors (Lipinski definition) is 11. The predicted octanol–water partition coefficient (Wildman–Crippen LogP) is 7.76. The minimum absolute atomic E-state index is 0.00800. The van der Waals surface area contributed by atoms with Gasteiger partial charge in [-0.25, -0.2) is 16.8 Å². The summed E-state index contributed by atoms with van der Waals surface area (Å²) < 4.78 is 64.7. The van der Waals surface area contributed by atoms with E-state index in [4.69, 9.17) is 15.2 Å². The Bertz CT molecular complexity index is 2450. The molecule has 0 spiro atoms. The summed E-state index contributed by atoms with van der Waals surface area (Å²) in [7, 11) is -7.52. The van der Waals surface area contributed by atoms with Crippen molar-refractivity contribution < 1.29 is 36.5 Å². The summed E-state index contributed by atoms with van der Waals surface area (Å²) in [6.45, 7) is 9.42. The van der Waals surface area contributed by atoms with E-state index in [0.29, 0.717) is 28.6 Å². The predicted molar refractivity (Wildman–Crippen MR) is 227 cm³/mol. The Morgan fingerprint density at radius 2 is 0.879 bits per heavy atom. The van der Waals surface area contributed by atoms with Gasteiger partial charge in [0.25, 0.3) is 0 Å². The van der Waals surface area contributed by atoms with Crippen molar-refractivity contribution in [1.29, 1.82) is 0 Å². The topological polar surface area (TPSA) is 177 Å². The number of sulfone groups is 2. The highest BCUT2D eigenvalue weighted by Gasteiger charge is 2.21. The molecule has 2 unspecified atom stereocenters. The molecule has 0 aliphatic heterocycles. The maximum absolute atomic E-state index is 13.2. The molecule has 6 aromatic carbocycles. The van der Waals surface area contributed by atoms with Crippen LogP contribution in [0.1, 0.15) is 27.8 Å². The number of ether oxygens (including phenoxy) is 2. The zero-order chi connectivity index (χ0) is 41.8. The Hall–Kier alpha value is -5.86. The van der Waals surface area contributed by atoms with E-state index in [1.54, 1.807) is 60.7 Å². The molecule has 302 valence electrons. The number of nitrogens with two attached hydrogens (primary N) is 1. The molecule has 6 aromatic rings. The van der Waals surface area contributed by atoms with Crippen LogP contribution in [0.5, 0.6) is 11.5 Å². The van der Waals surface area contributed by atoms with Crippen LogP contribution in [0.3, 0.4) is 0 Å². The smallest absolute Gasteiger partial charge is 0.214 e. The van der Waals surface area contributed by atoms with Crippen LogP contribution in [-0.4, -0.2) is 52.7 Å². The number of rotatable bonds is 15. The van der Waals surface area contributed by atoms with E-state index in [0.717, 1.165) is 38.9 Å². The average molecular weight is 822 g/mol. The first-order valence-corrected chi connectivity index (χ1v) is 21.5. The van der Waals surface area contributed by atoms with Gasteiger partial charge in [0.05, 0.1) is 32.7 Å². The minimum Gasteiger partial charge on any atom is -0.463 e. The number of benzene rings is 6. The van der Waals surface area contributed by atoms with E-state index in [1.165, 1.54) is 30.3 Å². The Balaban J connectivity index is 1.07. The maximum atomic E-state index is 13.2. The minimum atomic E-state index is -3.80. The monoisotopic (exact) mass is 821 g/mol. The molecule has 0 aliphatic rings. The number of hydrogen-bond donors (Lipinski definition) is 5. The second-order valence-electron chi connectivity index (χ2n) is 14.2. The summed E-state index contributed by atoms with van der Waals surface area (Å²) in [5, 5.41) is 27.8. The molecule has 0 saturated heterocycles. The van der Waals surface area contributed by atoms with Crippen molar-refractivity contribution >= 4 is 36.7 Å². The molecule has 0 bridgehead atoms. The molecular formula is C45H47N3O8S2. The van der Waals surface area contributed by atoms with Gasteiger partial charge in [0, 0.05) is 17.1 Å². The Morgan fingerprint density at radius 1 is 0.517 bits per heavy atom. The quantitative estimate of drug-likeness (QED) is 0.0505. The SMILES string of the molecule is Cc1cccc(S(=O)(=O)c2cccc(NCC(O)Oc3c(C)cc(-c4cc(C)c(OC(O)CNc5cccc(S(=O)(=O)c6cccc(N)c6)c5)c(C)c4)cc3C)c2)c1. The van der Waals surface area contributed by atoms with E-state index < -0.39 is 32.3 Å². The molecule has 0 aromatic heterocycles. The van der Waals surface area contributed by atoms with Gasteiger partial charge in [0.15, 0.2) is 0 Å². The molecule has 6 rings (SSSR count). The van der Waals surface area contributed by atoms with Gasteiger partial charge in [-0.1, -0.05) is 30.3 Å². The van der Waals surface area contributed by atoms with E-state index in [1.807, 2.05) is 65.0 Å². The number of anilines is 3. The van der Waals surface area contributed by atoms with Crippen molar-refractivity contribution in [3.8, 4) is 22.6 Å². The van der Waals surface area contributed by atoms with E-state index in [2.05, 4.69) is 10.6 Å². The van der Waals surface area contributed by atoms with Crippen LogP contribution in [0, 0.1) is 34.6 Å². The molecule has 0 radical (unpaired) electrons. The lowest BCUT2D eigenvalue weighted by molar-refractivity contribution is -0.00667. The highest BCUT2D eigenvalue weighted by molar-refractivity contribution is 7.91. The second-order valence-corrected chi connectivity index (χ2v) is 18.1. The zero-order valence-corrected chi connectivity index (χ0v) is 34.5. The van der Waals surface area contributed by atoms with Gasteiger partial charge in [-0.15, -0.1) is 0 Å². The van der Waals surface area contributed by atoms with Gasteiger partial charge in [-0.2, -0.15) is 0 Å². The van der Waals surface area contributed by atoms with Crippen LogP contribution in [0.15, 0.2) is 141 Å². The largest absolute Gasteiger partial charge is 0.463 e. The van der Waals surface area contributed by atoms with Crippen molar-refractivity contribution in [2.75, 3.05) is 29.5 Å². The van der Waals surface area contributed by atoms with E-state index >= 15 is 0 Å². The van der Waals surface area contributed by atoms with Gasteiger partial charge in [0.1, 0.15) is 11.5 Å². The molecular weight excluding hydrogens is 775 g/mol. The first-order valence-electron chi connectivity index (χ1n) is 18.5. The summed E-state index contributed by atoms with van der Waals surface area (Å²) in [4.78, 5) is 0.541. The standard InChI is InChI=1S/C45H47N3O8S2/c1-28-10-6-14-38(18-28)57(51,52)40-16-8-12-36(24-40)47-26-42(49)55-44-29(2)19-33(20-30(44)3)34-21-31(4)45(32(5)22-34)56-43(50)27-48-37-13-9-17-41(25-37)58(53,54)39-15-7-11-35(46)23-39/h6-25,42-43,47-50H,26-27,46H2,1-5H3. The second kappa shape index (κ2) is 17.3. The summed E-state index contributed by atoms with van der Waals surface area (Å²) in [6.07, 6.45) is -2.47. The molecule has 6 N–H and O–H groups in total.